The van der Waals surface area contributed by atoms with Crippen LogP contribution in [0, 0.1) is 5.92 Å². The van der Waals surface area contributed by atoms with Gasteiger partial charge in [0, 0.05) is 25.3 Å². The topological polar surface area (TPSA) is 35.5 Å². The zero-order valence-corrected chi connectivity index (χ0v) is 11.0. The number of nitrogens with one attached hydrogen (secondary N) is 1. The number of hydrogen-bond donors (Lipinski definition) is 2. The van der Waals surface area contributed by atoms with Crippen molar-refractivity contribution in [1.29, 1.82) is 0 Å². The molecule has 3 nitrogen and oxygen atoms in total. The first-order chi connectivity index (χ1) is 8.74. The van der Waals surface area contributed by atoms with Crippen molar-refractivity contribution in [3.05, 3.63) is 29.3 Å². The summed E-state index contributed by atoms with van der Waals surface area (Å²) >= 11 is 0. The lowest BCUT2D eigenvalue weighted by Gasteiger charge is -2.34. The van der Waals surface area contributed by atoms with Gasteiger partial charge in [-0.1, -0.05) is 25.1 Å². The summed E-state index contributed by atoms with van der Waals surface area (Å²) in [7, 11) is 0. The Kier molecular flexibility index (Phi) is 3.27. The average Bonchev–Trinajstić information content (AvgIpc) is 2.83. The van der Waals surface area contributed by atoms with Crippen LogP contribution in [0.5, 0.6) is 0 Å². The molecule has 98 valence electrons. The van der Waals surface area contributed by atoms with Crippen molar-refractivity contribution >= 4 is 5.69 Å². The normalized spacial score (nSPS) is 27.9. The lowest BCUT2D eigenvalue weighted by atomic mass is 9.95. The standard InChI is InChI=1S/C15H22N2O/c1-11-6-8-17(10-14(11)18)9-13-4-2-3-12-5-7-16-15(12)13/h2-4,11,14,16,18H,5-10H2,1H3. The van der Waals surface area contributed by atoms with E-state index in [1.54, 1.807) is 0 Å². The van der Waals surface area contributed by atoms with E-state index in [4.69, 9.17) is 0 Å². The van der Waals surface area contributed by atoms with Gasteiger partial charge in [-0.25, -0.2) is 0 Å². The molecular weight excluding hydrogens is 224 g/mol. The molecule has 0 bridgehead atoms. The number of anilines is 1. The number of aliphatic hydroxyl groups excluding tert-OH is 1. The van der Waals surface area contributed by atoms with Crippen molar-refractivity contribution in [3.8, 4) is 0 Å². The minimum absolute atomic E-state index is 0.163. The predicted molar refractivity (Wildman–Crippen MR) is 73.7 cm³/mol. The average molecular weight is 246 g/mol. The number of nitrogens with zero attached hydrogens (tertiary/aromatic N) is 1. The molecule has 2 atom stereocenters. The van der Waals surface area contributed by atoms with Crippen molar-refractivity contribution in [2.24, 2.45) is 5.92 Å². The molecular formula is C15H22N2O. The second-order valence-electron chi connectivity index (χ2n) is 5.70. The summed E-state index contributed by atoms with van der Waals surface area (Å²) in [4.78, 5) is 2.38. The molecule has 1 aromatic rings. The predicted octanol–water partition coefficient (Wildman–Crippen LogP) is 1.86. The molecule has 2 aliphatic rings. The lowest BCUT2D eigenvalue weighted by molar-refractivity contribution is 0.0260. The summed E-state index contributed by atoms with van der Waals surface area (Å²) in [5.74, 6) is 0.445. The maximum absolute atomic E-state index is 9.96. The van der Waals surface area contributed by atoms with Gasteiger partial charge in [-0.05, 0) is 36.4 Å². The van der Waals surface area contributed by atoms with Crippen LogP contribution in [0.4, 0.5) is 5.69 Å². The van der Waals surface area contributed by atoms with Crippen molar-refractivity contribution < 1.29 is 5.11 Å². The Labute approximate surface area is 109 Å². The molecule has 0 radical (unpaired) electrons. The minimum atomic E-state index is -0.163. The molecule has 1 aromatic carbocycles. The molecule has 2 aliphatic heterocycles. The Bertz CT molecular complexity index is 433. The van der Waals surface area contributed by atoms with E-state index in [0.29, 0.717) is 5.92 Å². The molecule has 0 saturated carbocycles. The van der Waals surface area contributed by atoms with Crippen molar-refractivity contribution in [1.82, 2.24) is 4.90 Å². The van der Waals surface area contributed by atoms with Crippen LogP contribution in [0.15, 0.2) is 18.2 Å². The number of aliphatic hydroxyl groups is 1. The minimum Gasteiger partial charge on any atom is -0.392 e. The highest BCUT2D eigenvalue weighted by atomic mass is 16.3. The fraction of sp³-hybridized carbons (Fsp3) is 0.600. The van der Waals surface area contributed by atoms with Gasteiger partial charge in [0.15, 0.2) is 0 Å². The maximum Gasteiger partial charge on any atom is 0.0693 e. The lowest BCUT2D eigenvalue weighted by Crippen LogP contribution is -2.42. The summed E-state index contributed by atoms with van der Waals surface area (Å²) in [5, 5.41) is 13.5. The number of hydrogen-bond acceptors (Lipinski definition) is 3. The van der Waals surface area contributed by atoms with E-state index in [2.05, 4.69) is 35.3 Å². The highest BCUT2D eigenvalue weighted by molar-refractivity contribution is 5.61. The van der Waals surface area contributed by atoms with E-state index in [1.165, 1.54) is 16.8 Å². The summed E-state index contributed by atoms with van der Waals surface area (Å²) in [6, 6.07) is 6.58. The molecule has 2 unspecified atom stereocenters. The molecule has 1 fully saturated rings. The number of benzene rings is 1. The van der Waals surface area contributed by atoms with Gasteiger partial charge in [-0.15, -0.1) is 0 Å². The van der Waals surface area contributed by atoms with E-state index in [-0.39, 0.29) is 6.10 Å². The summed E-state index contributed by atoms with van der Waals surface area (Å²) < 4.78 is 0. The van der Waals surface area contributed by atoms with Crippen LogP contribution in [-0.4, -0.2) is 35.7 Å². The van der Waals surface area contributed by atoms with Crippen LogP contribution in [-0.2, 0) is 13.0 Å². The third kappa shape index (κ3) is 2.25. The van der Waals surface area contributed by atoms with Crippen LogP contribution < -0.4 is 5.32 Å². The van der Waals surface area contributed by atoms with Crippen LogP contribution >= 0.6 is 0 Å². The Hall–Kier alpha value is -1.06. The van der Waals surface area contributed by atoms with Gasteiger partial charge in [-0.3, -0.25) is 4.90 Å². The molecule has 3 rings (SSSR count). The number of likely N-dealkylation sites (tertiary alicyclic amines) is 1. The Morgan fingerprint density at radius 3 is 3.17 bits per heavy atom. The van der Waals surface area contributed by atoms with Crippen molar-refractivity contribution in [2.45, 2.75) is 32.4 Å². The molecule has 0 aliphatic carbocycles. The van der Waals surface area contributed by atoms with Crippen LogP contribution in [0.25, 0.3) is 0 Å². The Morgan fingerprint density at radius 2 is 2.33 bits per heavy atom. The van der Waals surface area contributed by atoms with Gasteiger partial charge >= 0.3 is 0 Å². The van der Waals surface area contributed by atoms with Crippen molar-refractivity contribution in [2.75, 3.05) is 25.0 Å². The Morgan fingerprint density at radius 1 is 1.44 bits per heavy atom. The molecule has 0 amide bonds. The fourth-order valence-corrected chi connectivity index (χ4v) is 3.04. The van der Waals surface area contributed by atoms with E-state index in [0.717, 1.165) is 39.0 Å². The third-order valence-corrected chi connectivity index (χ3v) is 4.33. The summed E-state index contributed by atoms with van der Waals surface area (Å²) in [6.07, 6.45) is 2.08. The van der Waals surface area contributed by atoms with Gasteiger partial charge in [0.1, 0.15) is 0 Å². The maximum atomic E-state index is 9.96. The van der Waals surface area contributed by atoms with E-state index in [1.807, 2.05) is 0 Å². The molecule has 2 N–H and O–H groups in total. The SMILES string of the molecule is CC1CCN(Cc2cccc3c2NCC3)CC1O. The summed E-state index contributed by atoms with van der Waals surface area (Å²) in [6.45, 7) is 6.07. The van der Waals surface area contributed by atoms with E-state index in [9.17, 15) is 5.11 Å². The molecule has 3 heteroatoms. The quantitative estimate of drug-likeness (QED) is 0.836. The van der Waals surface area contributed by atoms with Gasteiger partial charge in [-0.2, -0.15) is 0 Å². The number of β-amino-alcohol motifs (C(OH)–C–C–N with tert-alkyl or cyclic N) is 1. The zero-order chi connectivity index (χ0) is 12.5. The van der Waals surface area contributed by atoms with Crippen molar-refractivity contribution in [3.63, 3.8) is 0 Å². The second kappa shape index (κ2) is 4.90. The highest BCUT2D eigenvalue weighted by Crippen LogP contribution is 2.28. The van der Waals surface area contributed by atoms with E-state index >= 15 is 0 Å². The van der Waals surface area contributed by atoms with Gasteiger partial charge in [0.2, 0.25) is 0 Å². The monoisotopic (exact) mass is 246 g/mol. The molecule has 18 heavy (non-hydrogen) atoms. The Balaban J connectivity index is 1.72. The highest BCUT2D eigenvalue weighted by Gasteiger charge is 2.25. The number of rotatable bonds is 2. The first-order valence-electron chi connectivity index (χ1n) is 6.99. The molecule has 1 saturated heterocycles. The zero-order valence-electron chi connectivity index (χ0n) is 11.0. The van der Waals surface area contributed by atoms with Crippen LogP contribution in [0.3, 0.4) is 0 Å². The first kappa shape index (κ1) is 12.0. The van der Waals surface area contributed by atoms with Gasteiger partial charge in [0.05, 0.1) is 6.10 Å². The fourth-order valence-electron chi connectivity index (χ4n) is 3.04. The van der Waals surface area contributed by atoms with E-state index < -0.39 is 0 Å². The van der Waals surface area contributed by atoms with Gasteiger partial charge in [0.25, 0.3) is 0 Å². The van der Waals surface area contributed by atoms with Gasteiger partial charge < -0.3 is 10.4 Å². The largest absolute Gasteiger partial charge is 0.392 e. The molecule has 2 heterocycles. The van der Waals surface area contributed by atoms with Crippen LogP contribution in [0.1, 0.15) is 24.5 Å². The summed E-state index contributed by atoms with van der Waals surface area (Å²) in [5.41, 5.74) is 4.16. The molecule has 0 spiro atoms. The number of fused-ring (bicyclic) bond motifs is 1. The first-order valence-corrected chi connectivity index (χ1v) is 6.99. The second-order valence-corrected chi connectivity index (χ2v) is 5.70. The number of para-hydroxylation sites is 1. The van der Waals surface area contributed by atoms with Crippen LogP contribution in [0.2, 0.25) is 0 Å². The smallest absolute Gasteiger partial charge is 0.0693 e. The number of piperidine rings is 1. The molecule has 0 aromatic heterocycles. The third-order valence-electron chi connectivity index (χ3n) is 4.33.